The van der Waals surface area contributed by atoms with Gasteiger partial charge in [-0.3, -0.25) is 4.79 Å². The van der Waals surface area contributed by atoms with E-state index >= 15 is 0 Å². The Morgan fingerprint density at radius 1 is 1.07 bits per heavy atom. The van der Waals surface area contributed by atoms with Crippen LogP contribution in [0.5, 0.6) is 0 Å². The number of aliphatic carboxylic acids is 2. The molecule has 4 N–H and O–H groups in total. The molecule has 0 fully saturated rings. The van der Waals surface area contributed by atoms with Crippen molar-refractivity contribution in [1.29, 1.82) is 0 Å². The van der Waals surface area contributed by atoms with Crippen molar-refractivity contribution in [2.24, 2.45) is 0 Å². The number of urea groups is 1. The minimum Gasteiger partial charge on any atom is -0.481 e. The molecule has 0 heterocycles. The second kappa shape index (κ2) is 12.6. The number of amides is 2. The molecule has 0 radical (unpaired) electrons. The number of hydrogen-bond donors (Lipinski definition) is 4. The third-order valence-electron chi connectivity index (χ3n) is 3.79. The fraction of sp³-hybridized carbons (Fsp3) is 0.471. The van der Waals surface area contributed by atoms with Crippen LogP contribution in [0.15, 0.2) is 12.1 Å². The maximum Gasteiger partial charge on any atom is 0.326 e. The SMILES string of the molecule is O=C(O)CCC[C@H](NC(=O)Nc1cc(F)c(N(CCBr)CCBr)c(F)c1)C(=O)O. The van der Waals surface area contributed by atoms with Crippen molar-refractivity contribution in [3.05, 3.63) is 23.8 Å². The molecule has 162 valence electrons. The smallest absolute Gasteiger partial charge is 0.326 e. The van der Waals surface area contributed by atoms with Gasteiger partial charge in [0, 0.05) is 35.9 Å². The summed E-state index contributed by atoms with van der Waals surface area (Å²) in [5.41, 5.74) is -0.416. The molecular formula is C17H21Br2F2N3O5. The summed E-state index contributed by atoms with van der Waals surface area (Å²) in [7, 11) is 0. The lowest BCUT2D eigenvalue weighted by Gasteiger charge is -2.24. The van der Waals surface area contributed by atoms with Gasteiger partial charge in [0.25, 0.3) is 0 Å². The van der Waals surface area contributed by atoms with Crippen LogP contribution in [0, 0.1) is 11.6 Å². The normalized spacial score (nSPS) is 11.6. The standard InChI is InChI=1S/C17H21Br2F2N3O5/c18-4-6-24(7-5-19)15-11(20)8-10(9-12(15)21)22-17(29)23-13(16(27)28)2-1-3-14(25)26/h8-9,13H,1-7H2,(H,25,26)(H,27,28)(H2,22,23,29)/t13-/m0/s1. The molecule has 0 saturated carbocycles. The van der Waals surface area contributed by atoms with E-state index in [1.807, 2.05) is 0 Å². The quantitative estimate of drug-likeness (QED) is 0.299. The summed E-state index contributed by atoms with van der Waals surface area (Å²) in [4.78, 5) is 35.2. The summed E-state index contributed by atoms with van der Waals surface area (Å²) in [6.45, 7) is 0.729. The van der Waals surface area contributed by atoms with Crippen molar-refractivity contribution in [3.8, 4) is 0 Å². The highest BCUT2D eigenvalue weighted by atomic mass is 79.9. The number of nitrogens with one attached hydrogen (secondary N) is 2. The van der Waals surface area contributed by atoms with E-state index in [1.165, 1.54) is 4.90 Å². The van der Waals surface area contributed by atoms with E-state index in [0.717, 1.165) is 12.1 Å². The summed E-state index contributed by atoms with van der Waals surface area (Å²) >= 11 is 6.45. The highest BCUT2D eigenvalue weighted by Gasteiger charge is 2.22. The zero-order valence-corrected chi connectivity index (χ0v) is 18.4. The van der Waals surface area contributed by atoms with E-state index < -0.39 is 35.6 Å². The van der Waals surface area contributed by atoms with Crippen LogP contribution in [0.4, 0.5) is 25.0 Å². The van der Waals surface area contributed by atoms with Gasteiger partial charge in [-0.2, -0.15) is 0 Å². The molecule has 1 aromatic rings. The molecule has 8 nitrogen and oxygen atoms in total. The molecule has 2 amide bonds. The first-order chi connectivity index (χ1) is 13.7. The van der Waals surface area contributed by atoms with Gasteiger partial charge in [-0.1, -0.05) is 31.9 Å². The number of halogens is 4. The van der Waals surface area contributed by atoms with Crippen LogP contribution in [0.25, 0.3) is 0 Å². The zero-order chi connectivity index (χ0) is 22.0. The van der Waals surface area contributed by atoms with Gasteiger partial charge in [-0.25, -0.2) is 18.4 Å². The molecule has 1 rings (SSSR count). The van der Waals surface area contributed by atoms with Crippen molar-refractivity contribution < 1.29 is 33.4 Å². The highest BCUT2D eigenvalue weighted by molar-refractivity contribution is 9.09. The summed E-state index contributed by atoms with van der Waals surface area (Å²) in [5, 5.41) is 23.0. The van der Waals surface area contributed by atoms with Crippen molar-refractivity contribution in [3.63, 3.8) is 0 Å². The van der Waals surface area contributed by atoms with Crippen LogP contribution in [0.3, 0.4) is 0 Å². The minimum atomic E-state index is -1.35. The Morgan fingerprint density at radius 2 is 1.62 bits per heavy atom. The minimum absolute atomic E-state index is 0.0432. The van der Waals surface area contributed by atoms with Crippen LogP contribution < -0.4 is 15.5 Å². The number of benzene rings is 1. The van der Waals surface area contributed by atoms with Gasteiger partial charge in [0.15, 0.2) is 11.6 Å². The van der Waals surface area contributed by atoms with E-state index in [0.29, 0.717) is 23.7 Å². The van der Waals surface area contributed by atoms with E-state index in [4.69, 9.17) is 10.2 Å². The largest absolute Gasteiger partial charge is 0.481 e. The molecule has 29 heavy (non-hydrogen) atoms. The third kappa shape index (κ3) is 8.52. The molecule has 1 atom stereocenters. The number of nitrogens with zero attached hydrogens (tertiary/aromatic N) is 1. The Bertz CT molecular complexity index is 710. The van der Waals surface area contributed by atoms with Gasteiger partial charge < -0.3 is 25.7 Å². The first-order valence-electron chi connectivity index (χ1n) is 8.57. The van der Waals surface area contributed by atoms with Crippen LogP contribution in [0.2, 0.25) is 0 Å². The average Bonchev–Trinajstić information content (AvgIpc) is 2.60. The summed E-state index contributed by atoms with van der Waals surface area (Å²) < 4.78 is 28.9. The molecule has 1 aromatic carbocycles. The number of anilines is 2. The lowest BCUT2D eigenvalue weighted by Crippen LogP contribution is -2.43. The fourth-order valence-electron chi connectivity index (χ4n) is 2.52. The van der Waals surface area contributed by atoms with Gasteiger partial charge in [0.05, 0.1) is 0 Å². The molecule has 0 aromatic heterocycles. The Balaban J connectivity index is 2.85. The van der Waals surface area contributed by atoms with Crippen LogP contribution in [-0.2, 0) is 9.59 Å². The number of carboxylic acid groups (broad SMARTS) is 2. The van der Waals surface area contributed by atoms with Gasteiger partial charge in [0.2, 0.25) is 0 Å². The number of rotatable bonds is 12. The summed E-state index contributed by atoms with van der Waals surface area (Å²) in [6.07, 6.45) is -0.309. The van der Waals surface area contributed by atoms with Crippen molar-refractivity contribution in [1.82, 2.24) is 5.32 Å². The Hall–Kier alpha value is -1.95. The predicted octanol–water partition coefficient (Wildman–Crippen LogP) is 3.39. The van der Waals surface area contributed by atoms with Crippen LogP contribution >= 0.6 is 31.9 Å². The monoisotopic (exact) mass is 543 g/mol. The molecule has 0 saturated heterocycles. The Morgan fingerprint density at radius 3 is 2.07 bits per heavy atom. The molecule has 0 spiro atoms. The van der Waals surface area contributed by atoms with Gasteiger partial charge in [0.1, 0.15) is 11.7 Å². The molecule has 12 heteroatoms. The number of carboxylic acids is 2. The van der Waals surface area contributed by atoms with E-state index in [-0.39, 0.29) is 30.6 Å². The first kappa shape index (κ1) is 25.1. The van der Waals surface area contributed by atoms with Crippen LogP contribution in [-0.4, -0.2) is 58.0 Å². The van der Waals surface area contributed by atoms with Gasteiger partial charge in [-0.05, 0) is 25.0 Å². The lowest BCUT2D eigenvalue weighted by atomic mass is 10.1. The molecule has 0 aliphatic rings. The predicted molar refractivity (Wildman–Crippen MR) is 111 cm³/mol. The average molecular weight is 545 g/mol. The first-order valence-corrected chi connectivity index (χ1v) is 10.8. The van der Waals surface area contributed by atoms with Gasteiger partial charge in [-0.15, -0.1) is 0 Å². The van der Waals surface area contributed by atoms with E-state index in [9.17, 15) is 23.2 Å². The topological polar surface area (TPSA) is 119 Å². The second-order valence-corrected chi connectivity index (χ2v) is 7.51. The molecule has 0 aliphatic heterocycles. The Labute approximate surface area is 182 Å². The third-order valence-corrected chi connectivity index (χ3v) is 4.50. The summed E-state index contributed by atoms with van der Waals surface area (Å²) in [6, 6.07) is -0.435. The maximum atomic E-state index is 14.5. The van der Waals surface area contributed by atoms with E-state index in [1.54, 1.807) is 0 Å². The molecular weight excluding hydrogens is 524 g/mol. The number of hydrogen-bond acceptors (Lipinski definition) is 4. The van der Waals surface area contributed by atoms with E-state index in [2.05, 4.69) is 42.5 Å². The van der Waals surface area contributed by atoms with Crippen LogP contribution in [0.1, 0.15) is 19.3 Å². The fourth-order valence-corrected chi connectivity index (χ4v) is 3.38. The van der Waals surface area contributed by atoms with Crippen molar-refractivity contribution in [2.45, 2.75) is 25.3 Å². The molecule has 0 unspecified atom stereocenters. The molecule has 0 aliphatic carbocycles. The lowest BCUT2D eigenvalue weighted by molar-refractivity contribution is -0.140. The highest BCUT2D eigenvalue weighted by Crippen LogP contribution is 2.27. The second-order valence-electron chi connectivity index (χ2n) is 5.93. The maximum absolute atomic E-state index is 14.5. The van der Waals surface area contributed by atoms with Crippen molar-refractivity contribution in [2.75, 3.05) is 34.0 Å². The zero-order valence-electron chi connectivity index (χ0n) is 15.3. The summed E-state index contributed by atoms with van der Waals surface area (Å²) in [5.74, 6) is -4.19. The molecule has 0 bridgehead atoms. The van der Waals surface area contributed by atoms with Crippen molar-refractivity contribution >= 4 is 61.2 Å². The number of alkyl halides is 2. The number of carbonyl (C=O) groups excluding carboxylic acids is 1. The van der Waals surface area contributed by atoms with Gasteiger partial charge >= 0.3 is 18.0 Å². The Kier molecular flexibility index (Phi) is 10.9. The number of carbonyl (C=O) groups is 3.